The predicted octanol–water partition coefficient (Wildman–Crippen LogP) is 3.22. The molecular formula is C13H16FN3OS2. The first kappa shape index (κ1) is 15.1. The number of benzene rings is 1. The lowest BCUT2D eigenvalue weighted by molar-refractivity contribution is 0.244. The zero-order chi connectivity index (χ0) is 14.7. The van der Waals surface area contributed by atoms with E-state index in [0.29, 0.717) is 13.2 Å². The minimum atomic E-state index is -0.348. The van der Waals surface area contributed by atoms with Gasteiger partial charge in [-0.15, -0.1) is 0 Å². The summed E-state index contributed by atoms with van der Waals surface area (Å²) in [6, 6.07) is 4.97. The van der Waals surface area contributed by atoms with E-state index >= 15 is 0 Å². The molecule has 0 aliphatic carbocycles. The summed E-state index contributed by atoms with van der Waals surface area (Å²) in [5, 5.41) is 5.28. The molecule has 0 aliphatic rings. The van der Waals surface area contributed by atoms with Crippen LogP contribution in [0, 0.1) is 16.7 Å². The standard InChI is InChI=1S/C13H16FN3OS2/c1-9-15-17(13(19)20-9)8-16(2)7-10-4-5-12(18-3)11(14)6-10/h4-6H,7-8H2,1-3H3. The highest BCUT2D eigenvalue weighted by molar-refractivity contribution is 7.73. The van der Waals surface area contributed by atoms with Crippen molar-refractivity contribution >= 4 is 23.6 Å². The number of rotatable bonds is 5. The van der Waals surface area contributed by atoms with Gasteiger partial charge in [-0.3, -0.25) is 4.90 Å². The van der Waals surface area contributed by atoms with Gasteiger partial charge in [0.1, 0.15) is 5.01 Å². The smallest absolute Gasteiger partial charge is 0.180 e. The Kier molecular flexibility index (Phi) is 4.85. The van der Waals surface area contributed by atoms with Crippen molar-refractivity contribution in [3.63, 3.8) is 0 Å². The number of ether oxygens (including phenoxy) is 1. The average molecular weight is 313 g/mol. The number of halogens is 1. The second kappa shape index (κ2) is 6.43. The van der Waals surface area contributed by atoms with Crippen molar-refractivity contribution in [3.8, 4) is 5.75 Å². The Hall–Kier alpha value is -1.31. The van der Waals surface area contributed by atoms with E-state index in [9.17, 15) is 4.39 Å². The van der Waals surface area contributed by atoms with Crippen molar-refractivity contribution in [2.24, 2.45) is 0 Å². The summed E-state index contributed by atoms with van der Waals surface area (Å²) in [6.07, 6.45) is 0. The topological polar surface area (TPSA) is 30.3 Å². The first-order valence-corrected chi connectivity index (χ1v) is 7.27. The van der Waals surface area contributed by atoms with Crippen LogP contribution in [0.2, 0.25) is 0 Å². The first-order chi connectivity index (χ1) is 9.49. The van der Waals surface area contributed by atoms with Crippen molar-refractivity contribution < 1.29 is 9.13 Å². The maximum Gasteiger partial charge on any atom is 0.180 e. The second-order valence-corrected chi connectivity index (χ2v) is 6.34. The average Bonchev–Trinajstić information content (AvgIpc) is 2.68. The molecule has 1 aromatic carbocycles. The lowest BCUT2D eigenvalue weighted by atomic mass is 10.2. The maximum atomic E-state index is 13.6. The van der Waals surface area contributed by atoms with Gasteiger partial charge in [0.2, 0.25) is 0 Å². The first-order valence-electron chi connectivity index (χ1n) is 6.05. The quantitative estimate of drug-likeness (QED) is 0.793. The monoisotopic (exact) mass is 313 g/mol. The number of aromatic nitrogens is 2. The predicted molar refractivity (Wildman–Crippen MR) is 80.1 cm³/mol. The minimum Gasteiger partial charge on any atom is -0.494 e. The van der Waals surface area contributed by atoms with Gasteiger partial charge in [-0.1, -0.05) is 17.4 Å². The van der Waals surface area contributed by atoms with Crippen molar-refractivity contribution in [3.05, 3.63) is 38.5 Å². The van der Waals surface area contributed by atoms with E-state index in [1.807, 2.05) is 24.9 Å². The van der Waals surface area contributed by atoms with Crippen LogP contribution in [0.25, 0.3) is 0 Å². The molecule has 4 nitrogen and oxygen atoms in total. The van der Waals surface area contributed by atoms with Gasteiger partial charge < -0.3 is 4.74 Å². The molecule has 1 aromatic heterocycles. The Morgan fingerprint density at radius 1 is 1.50 bits per heavy atom. The molecule has 0 aliphatic heterocycles. The third-order valence-corrected chi connectivity index (χ3v) is 3.97. The van der Waals surface area contributed by atoms with Crippen molar-refractivity contribution in [2.75, 3.05) is 14.2 Å². The van der Waals surface area contributed by atoms with Crippen LogP contribution in [0.4, 0.5) is 4.39 Å². The van der Waals surface area contributed by atoms with Crippen LogP contribution >= 0.6 is 23.6 Å². The van der Waals surface area contributed by atoms with Crippen molar-refractivity contribution in [1.82, 2.24) is 14.7 Å². The number of nitrogens with zero attached hydrogens (tertiary/aromatic N) is 3. The summed E-state index contributed by atoms with van der Waals surface area (Å²) in [5.74, 6) is -0.0896. The third kappa shape index (κ3) is 3.62. The summed E-state index contributed by atoms with van der Waals surface area (Å²) in [5.41, 5.74) is 0.879. The van der Waals surface area contributed by atoms with E-state index in [-0.39, 0.29) is 11.6 Å². The summed E-state index contributed by atoms with van der Waals surface area (Å²) >= 11 is 6.71. The molecule has 0 N–H and O–H groups in total. The fourth-order valence-corrected chi connectivity index (χ4v) is 2.95. The van der Waals surface area contributed by atoms with Crippen LogP contribution in [0.1, 0.15) is 10.6 Å². The van der Waals surface area contributed by atoms with E-state index in [0.717, 1.165) is 14.5 Å². The van der Waals surface area contributed by atoms with E-state index in [2.05, 4.69) is 5.10 Å². The maximum absolute atomic E-state index is 13.6. The highest BCUT2D eigenvalue weighted by Gasteiger charge is 2.07. The van der Waals surface area contributed by atoms with Gasteiger partial charge >= 0.3 is 0 Å². The second-order valence-electron chi connectivity index (χ2n) is 4.51. The molecule has 0 fully saturated rings. The summed E-state index contributed by atoms with van der Waals surface area (Å²) < 4.78 is 21.0. The molecule has 0 saturated carbocycles. The Morgan fingerprint density at radius 2 is 2.25 bits per heavy atom. The Bertz CT molecular complexity index is 653. The molecule has 0 unspecified atom stereocenters. The molecule has 108 valence electrons. The van der Waals surface area contributed by atoms with Gasteiger partial charge in [0.25, 0.3) is 0 Å². The van der Waals surface area contributed by atoms with Gasteiger partial charge in [0, 0.05) is 6.54 Å². The largest absolute Gasteiger partial charge is 0.494 e. The zero-order valence-electron chi connectivity index (χ0n) is 11.6. The fraction of sp³-hybridized carbons (Fsp3) is 0.385. The summed E-state index contributed by atoms with van der Waals surface area (Å²) in [6.45, 7) is 3.12. The molecule has 2 rings (SSSR count). The molecule has 0 amide bonds. The van der Waals surface area contributed by atoms with Gasteiger partial charge in [-0.05, 0) is 43.9 Å². The minimum absolute atomic E-state index is 0.258. The molecule has 0 bridgehead atoms. The summed E-state index contributed by atoms with van der Waals surface area (Å²) in [4.78, 5) is 2.02. The van der Waals surface area contributed by atoms with Crippen molar-refractivity contribution in [1.29, 1.82) is 0 Å². The van der Waals surface area contributed by atoms with E-state index in [4.69, 9.17) is 17.0 Å². The van der Waals surface area contributed by atoms with Crippen LogP contribution in [0.3, 0.4) is 0 Å². The Balaban J connectivity index is 2.04. The van der Waals surface area contributed by atoms with E-state index in [1.165, 1.54) is 24.5 Å². The highest BCUT2D eigenvalue weighted by Crippen LogP contribution is 2.18. The number of methoxy groups -OCH3 is 1. The molecule has 2 aromatic rings. The van der Waals surface area contributed by atoms with Gasteiger partial charge in [0.05, 0.1) is 13.8 Å². The van der Waals surface area contributed by atoms with Crippen LogP contribution in [0.5, 0.6) is 5.75 Å². The normalized spacial score (nSPS) is 11.1. The molecule has 0 atom stereocenters. The van der Waals surface area contributed by atoms with E-state index in [1.54, 1.807) is 10.7 Å². The Morgan fingerprint density at radius 3 is 2.80 bits per heavy atom. The lowest BCUT2D eigenvalue weighted by Crippen LogP contribution is -2.22. The SMILES string of the molecule is COc1ccc(CN(C)Cn2nc(C)sc2=S)cc1F. The Labute approximate surface area is 126 Å². The van der Waals surface area contributed by atoms with Crippen LogP contribution < -0.4 is 4.74 Å². The van der Waals surface area contributed by atoms with Gasteiger partial charge in [-0.25, -0.2) is 9.07 Å². The molecule has 20 heavy (non-hydrogen) atoms. The molecule has 1 heterocycles. The number of aryl methyl sites for hydroxylation is 1. The van der Waals surface area contributed by atoms with E-state index < -0.39 is 0 Å². The van der Waals surface area contributed by atoms with Crippen molar-refractivity contribution in [2.45, 2.75) is 20.1 Å². The molecular weight excluding hydrogens is 297 g/mol. The fourth-order valence-electron chi connectivity index (χ4n) is 1.90. The molecule has 0 saturated heterocycles. The summed E-state index contributed by atoms with van der Waals surface area (Å²) in [7, 11) is 3.40. The number of hydrogen-bond donors (Lipinski definition) is 0. The van der Waals surface area contributed by atoms with Gasteiger partial charge in [-0.2, -0.15) is 5.10 Å². The lowest BCUT2D eigenvalue weighted by Gasteiger charge is -2.16. The third-order valence-electron chi connectivity index (χ3n) is 2.75. The van der Waals surface area contributed by atoms with Gasteiger partial charge in [0.15, 0.2) is 15.5 Å². The zero-order valence-corrected chi connectivity index (χ0v) is 13.2. The number of hydrogen-bond acceptors (Lipinski definition) is 5. The molecule has 7 heteroatoms. The highest BCUT2D eigenvalue weighted by atomic mass is 32.1. The van der Waals surface area contributed by atoms with Crippen LogP contribution in [-0.4, -0.2) is 28.8 Å². The van der Waals surface area contributed by atoms with Crippen LogP contribution in [-0.2, 0) is 13.2 Å². The molecule has 0 radical (unpaired) electrons. The molecule has 0 spiro atoms. The van der Waals surface area contributed by atoms with Crippen LogP contribution in [0.15, 0.2) is 18.2 Å².